The highest BCUT2D eigenvalue weighted by Gasteiger charge is 2.33. The number of carbonyl (C=O) groups is 2. The van der Waals surface area contributed by atoms with Gasteiger partial charge in [0.1, 0.15) is 0 Å². The van der Waals surface area contributed by atoms with E-state index in [0.29, 0.717) is 11.4 Å². The summed E-state index contributed by atoms with van der Waals surface area (Å²) >= 11 is 0. The molecule has 6 nitrogen and oxygen atoms in total. The van der Waals surface area contributed by atoms with Gasteiger partial charge >= 0.3 is 0 Å². The van der Waals surface area contributed by atoms with Crippen molar-refractivity contribution >= 4 is 34.1 Å². The smallest absolute Gasteiger partial charge is 0.251 e. The number of aromatic nitrogens is 2. The first-order valence-electron chi connectivity index (χ1n) is 10.8. The van der Waals surface area contributed by atoms with Gasteiger partial charge < -0.3 is 5.32 Å². The Bertz CT molecular complexity index is 1270. The van der Waals surface area contributed by atoms with Crippen LogP contribution in [0.3, 0.4) is 0 Å². The van der Waals surface area contributed by atoms with Gasteiger partial charge in [0, 0.05) is 41.6 Å². The van der Waals surface area contributed by atoms with Crippen molar-refractivity contribution in [3.05, 3.63) is 90.1 Å². The Hall–Kier alpha value is -3.93. The summed E-state index contributed by atoms with van der Waals surface area (Å²) in [4.78, 5) is 26.6. The third-order valence-electron chi connectivity index (χ3n) is 6.08. The number of hydrogen-bond acceptors (Lipinski definition) is 3. The molecule has 1 aromatic heterocycles. The Morgan fingerprint density at radius 1 is 0.969 bits per heavy atom. The molecule has 2 amide bonds. The largest absolute Gasteiger partial charge is 0.349 e. The zero-order valence-corrected chi connectivity index (χ0v) is 17.8. The lowest BCUT2D eigenvalue weighted by Crippen LogP contribution is -2.43. The average Bonchev–Trinajstić information content (AvgIpc) is 3.25. The minimum atomic E-state index is -0.0963. The Morgan fingerprint density at radius 2 is 1.69 bits per heavy atom. The molecule has 0 radical (unpaired) electrons. The molecule has 4 aromatic rings. The van der Waals surface area contributed by atoms with Gasteiger partial charge in [0.2, 0.25) is 5.91 Å². The van der Waals surface area contributed by atoms with Gasteiger partial charge in [0.25, 0.3) is 5.91 Å². The molecule has 1 aliphatic rings. The van der Waals surface area contributed by atoms with Gasteiger partial charge in [0.15, 0.2) is 5.82 Å². The van der Waals surface area contributed by atoms with Crippen LogP contribution in [0.4, 0.5) is 11.5 Å². The second kappa shape index (κ2) is 8.30. The topological polar surface area (TPSA) is 78.1 Å². The molecular formula is C26H24N4O2. The fourth-order valence-electron chi connectivity index (χ4n) is 4.35. The number of nitrogens with zero attached hydrogens (tertiary/aromatic N) is 2. The van der Waals surface area contributed by atoms with Crippen molar-refractivity contribution in [2.24, 2.45) is 0 Å². The maximum Gasteiger partial charge on any atom is 0.251 e. The van der Waals surface area contributed by atoms with Crippen LogP contribution in [0.25, 0.3) is 10.8 Å². The monoisotopic (exact) mass is 424 g/mol. The summed E-state index contributed by atoms with van der Waals surface area (Å²) in [5.41, 5.74) is 2.47. The molecule has 0 unspecified atom stereocenters. The first kappa shape index (κ1) is 20.0. The molecule has 6 heteroatoms. The van der Waals surface area contributed by atoms with Crippen molar-refractivity contribution in [1.82, 2.24) is 15.5 Å². The van der Waals surface area contributed by atoms with Gasteiger partial charge in [-0.2, -0.15) is 5.10 Å². The molecule has 0 atom stereocenters. The van der Waals surface area contributed by atoms with Crippen molar-refractivity contribution < 1.29 is 9.59 Å². The van der Waals surface area contributed by atoms with Crippen LogP contribution in [-0.2, 0) is 4.79 Å². The second-order valence-electron chi connectivity index (χ2n) is 8.24. The maximum absolute atomic E-state index is 12.6. The summed E-state index contributed by atoms with van der Waals surface area (Å²) in [7, 11) is 0. The van der Waals surface area contributed by atoms with E-state index in [1.54, 1.807) is 11.8 Å². The van der Waals surface area contributed by atoms with E-state index in [1.165, 1.54) is 0 Å². The summed E-state index contributed by atoms with van der Waals surface area (Å²) in [5, 5.41) is 12.7. The molecule has 5 rings (SSSR count). The summed E-state index contributed by atoms with van der Waals surface area (Å²) < 4.78 is 0. The Kier molecular flexibility index (Phi) is 5.19. The van der Waals surface area contributed by atoms with Gasteiger partial charge in [-0.25, -0.2) is 0 Å². The van der Waals surface area contributed by atoms with Crippen LogP contribution < -0.4 is 10.2 Å². The van der Waals surface area contributed by atoms with E-state index in [9.17, 15) is 9.59 Å². The van der Waals surface area contributed by atoms with Crippen molar-refractivity contribution in [1.29, 1.82) is 0 Å². The molecule has 32 heavy (non-hydrogen) atoms. The zero-order chi connectivity index (χ0) is 22.1. The van der Waals surface area contributed by atoms with E-state index in [0.717, 1.165) is 35.0 Å². The highest BCUT2D eigenvalue weighted by Crippen LogP contribution is 2.38. The van der Waals surface area contributed by atoms with Gasteiger partial charge in [-0.1, -0.05) is 54.6 Å². The van der Waals surface area contributed by atoms with Crippen molar-refractivity contribution in [2.45, 2.75) is 31.7 Å². The quantitative estimate of drug-likeness (QED) is 0.477. The fourth-order valence-corrected chi connectivity index (χ4v) is 4.35. The van der Waals surface area contributed by atoms with Gasteiger partial charge in [-0.05, 0) is 36.4 Å². The molecule has 2 N–H and O–H groups in total. The third kappa shape index (κ3) is 3.75. The molecule has 0 aliphatic heterocycles. The van der Waals surface area contributed by atoms with E-state index >= 15 is 0 Å². The molecule has 3 aromatic carbocycles. The van der Waals surface area contributed by atoms with Crippen LogP contribution >= 0.6 is 0 Å². The fraction of sp³-hybridized carbons (Fsp3) is 0.192. The van der Waals surface area contributed by atoms with Gasteiger partial charge in [-0.15, -0.1) is 0 Å². The predicted octanol–water partition coefficient (Wildman–Crippen LogP) is 4.92. The number of fused-ring (bicyclic) bond motifs is 1. The molecular weight excluding hydrogens is 400 g/mol. The Morgan fingerprint density at radius 3 is 2.47 bits per heavy atom. The normalized spacial score (nSPS) is 17.5. The van der Waals surface area contributed by atoms with Crippen LogP contribution in [0.15, 0.2) is 78.9 Å². The minimum Gasteiger partial charge on any atom is -0.349 e. The number of aromatic amines is 1. The van der Waals surface area contributed by atoms with Crippen LogP contribution in [0.1, 0.15) is 41.7 Å². The number of amides is 2. The number of carbonyl (C=O) groups excluding carboxylic acids is 2. The van der Waals surface area contributed by atoms with Crippen LogP contribution in [0, 0.1) is 0 Å². The molecule has 0 spiro atoms. The molecule has 1 heterocycles. The SMILES string of the molecule is CC(=O)N(c1cc(C2CC(NC(=O)c3ccccc3)C2)[nH]n1)c1cccc2ccccc12. The maximum atomic E-state index is 12.6. The van der Waals surface area contributed by atoms with E-state index in [1.807, 2.05) is 78.9 Å². The number of hydrogen-bond donors (Lipinski definition) is 2. The molecule has 1 saturated carbocycles. The van der Waals surface area contributed by atoms with Crippen LogP contribution in [-0.4, -0.2) is 28.1 Å². The first-order chi connectivity index (χ1) is 15.6. The number of nitrogens with one attached hydrogen (secondary N) is 2. The molecule has 0 saturated heterocycles. The lowest BCUT2D eigenvalue weighted by atomic mass is 9.78. The van der Waals surface area contributed by atoms with Crippen molar-refractivity contribution in [3.8, 4) is 0 Å². The van der Waals surface area contributed by atoms with E-state index < -0.39 is 0 Å². The Labute approximate surface area is 186 Å². The van der Waals surface area contributed by atoms with E-state index in [2.05, 4.69) is 15.5 Å². The number of rotatable bonds is 5. The average molecular weight is 425 g/mol. The summed E-state index contributed by atoms with van der Waals surface area (Å²) in [6.07, 6.45) is 1.68. The van der Waals surface area contributed by atoms with E-state index in [4.69, 9.17) is 0 Å². The molecule has 1 aliphatic carbocycles. The highest BCUT2D eigenvalue weighted by atomic mass is 16.2. The molecule has 160 valence electrons. The molecule has 0 bridgehead atoms. The van der Waals surface area contributed by atoms with Crippen LogP contribution in [0.2, 0.25) is 0 Å². The second-order valence-corrected chi connectivity index (χ2v) is 8.24. The first-order valence-corrected chi connectivity index (χ1v) is 10.8. The van der Waals surface area contributed by atoms with Crippen LogP contribution in [0.5, 0.6) is 0 Å². The number of benzene rings is 3. The standard InChI is InChI=1S/C26H24N4O2/c1-17(31)30(24-13-7-11-18-8-5-6-12-22(18)24)25-16-23(28-29-25)20-14-21(15-20)27-26(32)19-9-3-2-4-10-19/h2-13,16,20-21H,14-15H2,1H3,(H,27,32)(H,28,29). The highest BCUT2D eigenvalue weighted by molar-refractivity contribution is 6.07. The zero-order valence-electron chi connectivity index (χ0n) is 17.8. The Balaban J connectivity index is 1.31. The van der Waals surface area contributed by atoms with Crippen molar-refractivity contribution in [3.63, 3.8) is 0 Å². The van der Waals surface area contributed by atoms with Gasteiger partial charge in [0.05, 0.1) is 5.69 Å². The lowest BCUT2D eigenvalue weighted by Gasteiger charge is -2.35. The summed E-state index contributed by atoms with van der Waals surface area (Å²) in [6, 6.07) is 25.3. The van der Waals surface area contributed by atoms with Gasteiger partial charge in [-0.3, -0.25) is 19.6 Å². The lowest BCUT2D eigenvalue weighted by molar-refractivity contribution is -0.115. The molecule has 1 fully saturated rings. The number of anilines is 2. The predicted molar refractivity (Wildman–Crippen MR) is 125 cm³/mol. The van der Waals surface area contributed by atoms with E-state index in [-0.39, 0.29) is 23.8 Å². The summed E-state index contributed by atoms with van der Waals surface area (Å²) in [6.45, 7) is 1.55. The summed E-state index contributed by atoms with van der Waals surface area (Å²) in [5.74, 6) is 0.721. The third-order valence-corrected chi connectivity index (χ3v) is 6.08. The minimum absolute atomic E-state index is 0.0435. The number of H-pyrrole nitrogens is 1. The van der Waals surface area contributed by atoms with Crippen molar-refractivity contribution in [2.75, 3.05) is 4.90 Å².